The van der Waals surface area contributed by atoms with Gasteiger partial charge in [0.05, 0.1) is 0 Å². The molecule has 1 heterocycles. The monoisotopic (exact) mass is 98.1 g/mol. The van der Waals surface area contributed by atoms with Gasteiger partial charge < -0.3 is 10.7 Å². The third kappa shape index (κ3) is 0.800. The molecule has 1 atom stereocenters. The summed E-state index contributed by atoms with van der Waals surface area (Å²) in [4.78, 5) is 0. The van der Waals surface area contributed by atoms with Crippen molar-refractivity contribution in [1.82, 2.24) is 5.32 Å². The first-order chi connectivity index (χ1) is 3.30. The Labute approximate surface area is 43.4 Å². The zero-order valence-corrected chi connectivity index (χ0v) is 4.49. The van der Waals surface area contributed by atoms with Crippen LogP contribution in [0.5, 0.6) is 0 Å². The molecule has 2 nitrogen and oxygen atoms in total. The van der Waals surface area contributed by atoms with E-state index < -0.39 is 0 Å². The Bertz CT molecular complexity index is 88.1. The Morgan fingerprint density at radius 1 is 1.86 bits per heavy atom. The van der Waals surface area contributed by atoms with Gasteiger partial charge in [0.2, 0.25) is 0 Å². The van der Waals surface area contributed by atoms with Crippen molar-refractivity contribution in [1.29, 1.82) is 5.41 Å². The molecule has 7 heavy (non-hydrogen) atoms. The van der Waals surface area contributed by atoms with Crippen LogP contribution in [0.1, 0.15) is 13.3 Å². The molecule has 0 spiro atoms. The van der Waals surface area contributed by atoms with Gasteiger partial charge in [0.15, 0.2) is 0 Å². The average Bonchev–Trinajstić information content (AvgIpc) is 1.91. The SMILES string of the molecule is CC1NCCC1=N. The van der Waals surface area contributed by atoms with Gasteiger partial charge in [-0.3, -0.25) is 0 Å². The van der Waals surface area contributed by atoms with E-state index in [0.29, 0.717) is 6.04 Å². The Hall–Kier alpha value is -0.370. The van der Waals surface area contributed by atoms with E-state index in [2.05, 4.69) is 5.32 Å². The van der Waals surface area contributed by atoms with Gasteiger partial charge in [-0.2, -0.15) is 0 Å². The molecule has 2 N–H and O–H groups in total. The Kier molecular flexibility index (Phi) is 1.11. The lowest BCUT2D eigenvalue weighted by atomic mass is 10.2. The molecule has 0 aliphatic carbocycles. The summed E-state index contributed by atoms with van der Waals surface area (Å²) >= 11 is 0. The number of nitrogens with one attached hydrogen (secondary N) is 2. The van der Waals surface area contributed by atoms with E-state index in [0.717, 1.165) is 18.7 Å². The van der Waals surface area contributed by atoms with Crippen LogP contribution >= 0.6 is 0 Å². The van der Waals surface area contributed by atoms with Crippen molar-refractivity contribution in [2.45, 2.75) is 19.4 Å². The van der Waals surface area contributed by atoms with Crippen LogP contribution in [0.25, 0.3) is 0 Å². The van der Waals surface area contributed by atoms with Crippen molar-refractivity contribution in [2.75, 3.05) is 6.54 Å². The molecule has 0 aromatic rings. The van der Waals surface area contributed by atoms with Crippen molar-refractivity contribution in [3.63, 3.8) is 0 Å². The molecule has 1 aliphatic rings. The van der Waals surface area contributed by atoms with E-state index in [9.17, 15) is 0 Å². The number of hydrogen-bond donors (Lipinski definition) is 2. The van der Waals surface area contributed by atoms with Gasteiger partial charge in [-0.15, -0.1) is 0 Å². The molecule has 1 saturated heterocycles. The first-order valence-corrected chi connectivity index (χ1v) is 2.61. The molecule has 1 unspecified atom stereocenters. The predicted octanol–water partition coefficient (Wildman–Crippen LogP) is 0.388. The van der Waals surface area contributed by atoms with Gasteiger partial charge in [0.25, 0.3) is 0 Å². The normalized spacial score (nSPS) is 31.6. The summed E-state index contributed by atoms with van der Waals surface area (Å²) in [6, 6.07) is 0.347. The summed E-state index contributed by atoms with van der Waals surface area (Å²) in [5, 5.41) is 10.3. The number of rotatable bonds is 0. The summed E-state index contributed by atoms with van der Waals surface area (Å²) in [5.41, 5.74) is 0.847. The zero-order valence-electron chi connectivity index (χ0n) is 4.49. The minimum atomic E-state index is 0.347. The molecule has 0 aromatic heterocycles. The predicted molar refractivity (Wildman–Crippen MR) is 29.8 cm³/mol. The average molecular weight is 98.1 g/mol. The lowest BCUT2D eigenvalue weighted by Gasteiger charge is -1.97. The van der Waals surface area contributed by atoms with Crippen molar-refractivity contribution < 1.29 is 0 Å². The highest BCUT2D eigenvalue weighted by Gasteiger charge is 2.13. The Morgan fingerprint density at radius 2 is 2.57 bits per heavy atom. The van der Waals surface area contributed by atoms with Crippen LogP contribution < -0.4 is 5.32 Å². The summed E-state index contributed by atoms with van der Waals surface area (Å²) in [6.45, 7) is 3.02. The highest BCUT2D eigenvalue weighted by Crippen LogP contribution is 1.97. The van der Waals surface area contributed by atoms with E-state index in [1.807, 2.05) is 6.92 Å². The highest BCUT2D eigenvalue weighted by atomic mass is 14.9. The van der Waals surface area contributed by atoms with Crippen LogP contribution in [-0.4, -0.2) is 18.3 Å². The fourth-order valence-electron chi connectivity index (χ4n) is 0.763. The smallest absolute Gasteiger partial charge is 0.0420 e. The van der Waals surface area contributed by atoms with Gasteiger partial charge in [0, 0.05) is 18.3 Å². The largest absolute Gasteiger partial charge is 0.309 e. The lowest BCUT2D eigenvalue weighted by Crippen LogP contribution is -2.21. The third-order valence-electron chi connectivity index (χ3n) is 1.37. The van der Waals surface area contributed by atoms with Crippen molar-refractivity contribution in [2.24, 2.45) is 0 Å². The van der Waals surface area contributed by atoms with Crippen LogP contribution in [0.2, 0.25) is 0 Å². The zero-order chi connectivity index (χ0) is 5.28. The topological polar surface area (TPSA) is 35.9 Å². The molecular weight excluding hydrogens is 88.1 g/mol. The molecule has 1 rings (SSSR count). The molecule has 0 bridgehead atoms. The first-order valence-electron chi connectivity index (χ1n) is 2.61. The second kappa shape index (κ2) is 1.62. The minimum absolute atomic E-state index is 0.347. The van der Waals surface area contributed by atoms with Crippen molar-refractivity contribution in [3.8, 4) is 0 Å². The van der Waals surface area contributed by atoms with E-state index in [1.54, 1.807) is 0 Å². The fraction of sp³-hybridized carbons (Fsp3) is 0.800. The maximum atomic E-state index is 7.19. The number of hydrogen-bond acceptors (Lipinski definition) is 2. The van der Waals surface area contributed by atoms with Crippen LogP contribution in [0.15, 0.2) is 0 Å². The molecule has 0 amide bonds. The molecule has 1 aliphatic heterocycles. The third-order valence-corrected chi connectivity index (χ3v) is 1.37. The quantitative estimate of drug-likeness (QED) is 0.451. The van der Waals surface area contributed by atoms with Crippen LogP contribution in [0.4, 0.5) is 0 Å². The van der Waals surface area contributed by atoms with E-state index >= 15 is 0 Å². The molecular formula is C5H10N2. The van der Waals surface area contributed by atoms with Gasteiger partial charge in [-0.25, -0.2) is 0 Å². The molecule has 1 fully saturated rings. The maximum Gasteiger partial charge on any atom is 0.0420 e. The van der Waals surface area contributed by atoms with Crippen LogP contribution in [0.3, 0.4) is 0 Å². The van der Waals surface area contributed by atoms with E-state index in [1.165, 1.54) is 0 Å². The van der Waals surface area contributed by atoms with Gasteiger partial charge in [-0.1, -0.05) is 0 Å². The first kappa shape index (κ1) is 4.78. The van der Waals surface area contributed by atoms with Gasteiger partial charge >= 0.3 is 0 Å². The Morgan fingerprint density at radius 3 is 2.71 bits per heavy atom. The molecule has 2 heteroatoms. The van der Waals surface area contributed by atoms with Gasteiger partial charge in [0.1, 0.15) is 0 Å². The van der Waals surface area contributed by atoms with E-state index in [4.69, 9.17) is 5.41 Å². The molecule has 40 valence electrons. The molecule has 0 saturated carbocycles. The molecule has 0 aromatic carbocycles. The highest BCUT2D eigenvalue weighted by molar-refractivity contribution is 5.88. The molecule has 0 radical (unpaired) electrons. The van der Waals surface area contributed by atoms with E-state index in [-0.39, 0.29) is 0 Å². The standard InChI is InChI=1S/C5H10N2/c1-4-5(6)2-3-7-4/h4,6-7H,2-3H2,1H3. The second-order valence-electron chi connectivity index (χ2n) is 1.95. The van der Waals surface area contributed by atoms with Gasteiger partial charge in [-0.05, 0) is 13.3 Å². The summed E-state index contributed by atoms with van der Waals surface area (Å²) in [7, 11) is 0. The summed E-state index contributed by atoms with van der Waals surface area (Å²) in [6.07, 6.45) is 0.946. The van der Waals surface area contributed by atoms with Crippen molar-refractivity contribution in [3.05, 3.63) is 0 Å². The van der Waals surface area contributed by atoms with Crippen LogP contribution in [-0.2, 0) is 0 Å². The minimum Gasteiger partial charge on any atom is -0.309 e. The second-order valence-corrected chi connectivity index (χ2v) is 1.95. The Balaban J connectivity index is 2.48. The maximum absolute atomic E-state index is 7.19. The summed E-state index contributed by atoms with van der Waals surface area (Å²) in [5.74, 6) is 0. The lowest BCUT2D eigenvalue weighted by molar-refractivity contribution is 0.739. The van der Waals surface area contributed by atoms with Crippen LogP contribution in [0, 0.1) is 5.41 Å². The summed E-state index contributed by atoms with van der Waals surface area (Å²) < 4.78 is 0. The van der Waals surface area contributed by atoms with Crippen molar-refractivity contribution >= 4 is 5.71 Å². The fourth-order valence-corrected chi connectivity index (χ4v) is 0.763.